The molecule has 0 aliphatic rings. The molecule has 0 saturated heterocycles. The minimum atomic E-state index is -0.287. The second kappa shape index (κ2) is 10.8. The molecule has 0 saturated carbocycles. The molecule has 0 unspecified atom stereocenters. The van der Waals surface area contributed by atoms with E-state index in [0.717, 1.165) is 45.0 Å². The van der Waals surface area contributed by atoms with Gasteiger partial charge in [0.1, 0.15) is 11.6 Å². The number of nitrogens with zero attached hydrogens (tertiary/aromatic N) is 4. The van der Waals surface area contributed by atoms with Crippen molar-refractivity contribution in [3.05, 3.63) is 144 Å². The van der Waals surface area contributed by atoms with Gasteiger partial charge in [0, 0.05) is 47.7 Å². The van der Waals surface area contributed by atoms with Crippen molar-refractivity contribution in [2.24, 2.45) is 0 Å². The third-order valence-corrected chi connectivity index (χ3v) is 6.49. The monoisotopic (exact) mass is 517 g/mol. The van der Waals surface area contributed by atoms with Crippen molar-refractivity contribution < 1.29 is 8.78 Å². The number of hydrogen-bond acceptors (Lipinski definition) is 3. The fourth-order valence-corrected chi connectivity index (χ4v) is 4.54. The second-order valence-corrected chi connectivity index (χ2v) is 9.18. The first-order valence-electron chi connectivity index (χ1n) is 12.6. The van der Waals surface area contributed by atoms with Gasteiger partial charge in [-0.05, 0) is 72.8 Å². The molecule has 6 rings (SSSR count). The summed E-state index contributed by atoms with van der Waals surface area (Å²) in [5.74, 6) is -0.575. The van der Waals surface area contributed by atoms with Crippen molar-refractivity contribution in [1.29, 1.82) is 0 Å². The third kappa shape index (κ3) is 5.39. The average molecular weight is 518 g/mol. The van der Waals surface area contributed by atoms with Gasteiger partial charge in [0.25, 0.3) is 0 Å². The zero-order valence-corrected chi connectivity index (χ0v) is 21.0. The van der Waals surface area contributed by atoms with E-state index in [1.807, 2.05) is 82.4 Å². The summed E-state index contributed by atoms with van der Waals surface area (Å²) in [4.78, 5) is 0. The Balaban J connectivity index is 1.30. The predicted octanol–water partition coefficient (Wildman–Crippen LogP) is 6.96. The summed E-state index contributed by atoms with van der Waals surface area (Å²) in [6, 6.07) is 32.5. The summed E-state index contributed by atoms with van der Waals surface area (Å²) >= 11 is 0. The molecule has 2 aromatic heterocycles. The lowest BCUT2D eigenvalue weighted by molar-refractivity contribution is 0.627. The summed E-state index contributed by atoms with van der Waals surface area (Å²) in [7, 11) is 0. The first kappa shape index (κ1) is 24.5. The maximum absolute atomic E-state index is 13.6. The number of benzene rings is 4. The molecule has 0 fully saturated rings. The molecule has 5 nitrogen and oxygen atoms in total. The van der Waals surface area contributed by atoms with Crippen LogP contribution in [0, 0.1) is 11.6 Å². The number of hydrogen-bond donors (Lipinski definition) is 1. The van der Waals surface area contributed by atoms with Crippen LogP contribution in [0.25, 0.3) is 33.9 Å². The molecule has 192 valence electrons. The minimum Gasteiger partial charge on any atom is -0.308 e. The molecule has 0 amide bonds. The topological polar surface area (TPSA) is 47.7 Å². The van der Waals surface area contributed by atoms with Crippen molar-refractivity contribution in [3.63, 3.8) is 0 Å². The lowest BCUT2D eigenvalue weighted by Gasteiger charge is -2.06. The summed E-state index contributed by atoms with van der Waals surface area (Å²) in [6.07, 6.45) is 3.99. The third-order valence-electron chi connectivity index (χ3n) is 6.49. The fraction of sp³-hybridized carbons (Fsp3) is 0.0625. The molecule has 7 heteroatoms. The van der Waals surface area contributed by atoms with Crippen LogP contribution in [0.1, 0.15) is 11.1 Å². The van der Waals surface area contributed by atoms with E-state index < -0.39 is 0 Å². The summed E-state index contributed by atoms with van der Waals surface area (Å²) in [5, 5.41) is 13.2. The second-order valence-electron chi connectivity index (χ2n) is 9.18. The number of rotatable bonds is 8. The Hall–Kier alpha value is -4.88. The van der Waals surface area contributed by atoms with Crippen LogP contribution in [0.3, 0.4) is 0 Å². The summed E-state index contributed by atoms with van der Waals surface area (Å²) < 4.78 is 30.9. The quantitative estimate of drug-likeness (QED) is 0.237. The average Bonchev–Trinajstić information content (AvgIpc) is 3.60. The maximum atomic E-state index is 13.6. The van der Waals surface area contributed by atoms with Crippen molar-refractivity contribution in [1.82, 2.24) is 24.9 Å². The zero-order valence-electron chi connectivity index (χ0n) is 21.0. The molecule has 0 atom stereocenters. The van der Waals surface area contributed by atoms with Crippen LogP contribution in [0.15, 0.2) is 122 Å². The standard InChI is InChI=1S/C32H25F2N5/c33-27-15-11-23(12-16-27)31-25(21-38(36-31)29-7-3-1-4-8-29)19-35-20-26-22-39(30-9-5-2-6-10-30)37-32(26)24-13-17-28(34)18-14-24/h1-18,21-22,35H,19-20H2. The van der Waals surface area contributed by atoms with Crippen molar-refractivity contribution >= 4 is 0 Å². The molecular weight excluding hydrogens is 492 g/mol. The van der Waals surface area contributed by atoms with Gasteiger partial charge in [-0.2, -0.15) is 10.2 Å². The van der Waals surface area contributed by atoms with Gasteiger partial charge in [-0.25, -0.2) is 18.1 Å². The van der Waals surface area contributed by atoms with E-state index in [0.29, 0.717) is 13.1 Å². The molecule has 4 aromatic carbocycles. The van der Waals surface area contributed by atoms with Crippen LogP contribution < -0.4 is 5.32 Å². The van der Waals surface area contributed by atoms with Crippen LogP contribution in [-0.4, -0.2) is 19.6 Å². The molecule has 0 aliphatic heterocycles. The smallest absolute Gasteiger partial charge is 0.123 e. The molecule has 1 N–H and O–H groups in total. The van der Waals surface area contributed by atoms with Gasteiger partial charge in [-0.15, -0.1) is 0 Å². The van der Waals surface area contributed by atoms with Crippen molar-refractivity contribution in [3.8, 4) is 33.9 Å². The van der Waals surface area contributed by atoms with Gasteiger partial charge in [-0.3, -0.25) is 0 Å². The Bertz CT molecular complexity index is 1550. The maximum Gasteiger partial charge on any atom is 0.123 e. The van der Waals surface area contributed by atoms with Crippen LogP contribution in [-0.2, 0) is 13.1 Å². The zero-order chi connectivity index (χ0) is 26.6. The number of halogens is 2. The highest BCUT2D eigenvalue weighted by Crippen LogP contribution is 2.26. The highest BCUT2D eigenvalue weighted by molar-refractivity contribution is 5.64. The lowest BCUT2D eigenvalue weighted by atomic mass is 10.1. The van der Waals surface area contributed by atoms with E-state index in [4.69, 9.17) is 10.2 Å². The highest BCUT2D eigenvalue weighted by atomic mass is 19.1. The van der Waals surface area contributed by atoms with E-state index in [2.05, 4.69) is 5.32 Å². The SMILES string of the molecule is Fc1ccc(-c2nn(-c3ccccc3)cc2CNCc2cn(-c3ccccc3)nc2-c2ccc(F)cc2)cc1. The van der Waals surface area contributed by atoms with E-state index in [-0.39, 0.29) is 11.6 Å². The van der Waals surface area contributed by atoms with E-state index in [1.54, 1.807) is 24.3 Å². The van der Waals surface area contributed by atoms with Crippen molar-refractivity contribution in [2.45, 2.75) is 13.1 Å². The number of nitrogens with one attached hydrogen (secondary N) is 1. The molecule has 0 radical (unpaired) electrons. The Morgan fingerprint density at radius 2 is 0.897 bits per heavy atom. The van der Waals surface area contributed by atoms with Crippen LogP contribution in [0.4, 0.5) is 8.78 Å². The number of para-hydroxylation sites is 2. The number of aromatic nitrogens is 4. The first-order chi connectivity index (χ1) is 19.1. The minimum absolute atomic E-state index is 0.287. The van der Waals surface area contributed by atoms with Gasteiger partial charge < -0.3 is 5.32 Å². The Labute approximate surface area is 225 Å². The van der Waals surface area contributed by atoms with Gasteiger partial charge in [0.2, 0.25) is 0 Å². The van der Waals surface area contributed by atoms with E-state index in [1.165, 1.54) is 24.3 Å². The van der Waals surface area contributed by atoms with Crippen LogP contribution in [0.2, 0.25) is 0 Å². The molecule has 2 heterocycles. The predicted molar refractivity (Wildman–Crippen MR) is 148 cm³/mol. The molecule has 39 heavy (non-hydrogen) atoms. The van der Waals surface area contributed by atoms with E-state index in [9.17, 15) is 8.78 Å². The highest BCUT2D eigenvalue weighted by Gasteiger charge is 2.15. The van der Waals surface area contributed by atoms with Gasteiger partial charge in [-0.1, -0.05) is 36.4 Å². The van der Waals surface area contributed by atoms with E-state index >= 15 is 0 Å². The van der Waals surface area contributed by atoms with Crippen LogP contribution >= 0.6 is 0 Å². The normalized spacial score (nSPS) is 11.1. The molecule has 6 aromatic rings. The first-order valence-corrected chi connectivity index (χ1v) is 12.6. The molecule has 0 bridgehead atoms. The van der Waals surface area contributed by atoms with Crippen molar-refractivity contribution in [2.75, 3.05) is 0 Å². The summed E-state index contributed by atoms with van der Waals surface area (Å²) in [5.41, 5.74) is 7.08. The van der Waals surface area contributed by atoms with Gasteiger partial charge in [0.05, 0.1) is 22.8 Å². The van der Waals surface area contributed by atoms with Crippen LogP contribution in [0.5, 0.6) is 0 Å². The molecule has 0 spiro atoms. The largest absolute Gasteiger partial charge is 0.308 e. The Kier molecular flexibility index (Phi) is 6.80. The van der Waals surface area contributed by atoms with Gasteiger partial charge >= 0.3 is 0 Å². The fourth-order valence-electron chi connectivity index (χ4n) is 4.54. The lowest BCUT2D eigenvalue weighted by Crippen LogP contribution is -2.13. The summed E-state index contributed by atoms with van der Waals surface area (Å²) in [6.45, 7) is 1.05. The molecule has 0 aliphatic carbocycles. The Morgan fingerprint density at radius 3 is 1.28 bits per heavy atom. The molecular formula is C32H25F2N5. The van der Waals surface area contributed by atoms with Gasteiger partial charge in [0.15, 0.2) is 0 Å². The Morgan fingerprint density at radius 1 is 0.513 bits per heavy atom.